The Morgan fingerprint density at radius 3 is 2.86 bits per heavy atom. The Bertz CT molecular complexity index is 791. The molecular weight excluding hydrogens is 534 g/mol. The summed E-state index contributed by atoms with van der Waals surface area (Å²) in [4.78, 5) is 12.1. The maximum atomic E-state index is 12.6. The van der Waals surface area contributed by atoms with Crippen molar-refractivity contribution in [2.24, 2.45) is 4.99 Å². The van der Waals surface area contributed by atoms with Gasteiger partial charge in [0.05, 0.1) is 11.6 Å². The fourth-order valence-electron chi connectivity index (χ4n) is 2.99. The summed E-state index contributed by atoms with van der Waals surface area (Å²) < 4.78 is 37.8. The fraction of sp³-hybridized carbons (Fsp3) is 0.556. The number of halogens is 4. The van der Waals surface area contributed by atoms with Gasteiger partial charge in [-0.3, -0.25) is 9.89 Å². The molecule has 2 aromatic heterocycles. The van der Waals surface area contributed by atoms with Crippen LogP contribution in [0.5, 0.6) is 0 Å². The molecule has 0 unspecified atom stereocenters. The number of alkyl halides is 3. The number of nitrogens with one attached hydrogen (secondary N) is 2. The average molecular weight is 559 g/mol. The molecule has 2 aromatic rings. The van der Waals surface area contributed by atoms with E-state index in [4.69, 9.17) is 0 Å². The number of hydrogen-bond donors (Lipinski definition) is 2. The van der Waals surface area contributed by atoms with Gasteiger partial charge in [0.15, 0.2) is 11.7 Å². The van der Waals surface area contributed by atoms with Gasteiger partial charge in [-0.05, 0) is 30.4 Å². The highest BCUT2D eigenvalue weighted by Gasteiger charge is 2.33. The fourth-order valence-corrected chi connectivity index (χ4v) is 4.68. The number of nitrogens with zero attached hydrogens (tertiary/aromatic N) is 3. The molecule has 0 spiro atoms. The van der Waals surface area contributed by atoms with Gasteiger partial charge in [0, 0.05) is 49.4 Å². The lowest BCUT2D eigenvalue weighted by Gasteiger charge is -2.26. The SMILES string of the molecule is CCNC(=NCCN1CCc2sccc2C1)NCCc1nc(C(F)(F)F)cs1.I. The molecular formula is C18H25F3IN5S2. The molecule has 1 aliphatic rings. The molecule has 2 N–H and O–H groups in total. The number of rotatable bonds is 7. The molecule has 29 heavy (non-hydrogen) atoms. The molecule has 3 rings (SSSR count). The molecule has 0 saturated heterocycles. The largest absolute Gasteiger partial charge is 0.434 e. The average Bonchev–Trinajstić information content (AvgIpc) is 3.30. The standard InChI is InChI=1S/C18H24F3N5S2.HI/c1-2-22-17(23-6-3-16-25-15(12-28-16)18(19,20)21)24-7-9-26-8-4-14-13(11-26)5-10-27-14;/h5,10,12H,2-4,6-9,11H2,1H3,(H2,22,23,24);1H. The lowest BCUT2D eigenvalue weighted by atomic mass is 10.1. The molecule has 11 heteroatoms. The Labute approximate surface area is 193 Å². The maximum absolute atomic E-state index is 12.6. The highest BCUT2D eigenvalue weighted by atomic mass is 127. The maximum Gasteiger partial charge on any atom is 0.434 e. The van der Waals surface area contributed by atoms with Crippen LogP contribution in [-0.2, 0) is 25.6 Å². The van der Waals surface area contributed by atoms with Crippen LogP contribution >= 0.6 is 46.7 Å². The van der Waals surface area contributed by atoms with E-state index in [1.165, 1.54) is 10.4 Å². The topological polar surface area (TPSA) is 52.6 Å². The van der Waals surface area contributed by atoms with Gasteiger partial charge in [0.2, 0.25) is 0 Å². The molecule has 0 bridgehead atoms. The minimum atomic E-state index is -4.38. The third-order valence-corrected chi connectivity index (χ3v) is 6.32. The van der Waals surface area contributed by atoms with Gasteiger partial charge in [0.1, 0.15) is 0 Å². The summed E-state index contributed by atoms with van der Waals surface area (Å²) in [6.07, 6.45) is -2.85. The molecule has 3 heterocycles. The minimum absolute atomic E-state index is 0. The molecule has 0 radical (unpaired) electrons. The van der Waals surface area contributed by atoms with E-state index in [-0.39, 0.29) is 24.0 Å². The summed E-state index contributed by atoms with van der Waals surface area (Å²) in [6.45, 7) is 6.78. The van der Waals surface area contributed by atoms with Crippen LogP contribution in [0.3, 0.4) is 0 Å². The van der Waals surface area contributed by atoms with Crippen molar-refractivity contribution in [3.63, 3.8) is 0 Å². The van der Waals surface area contributed by atoms with Crippen LogP contribution in [0.2, 0.25) is 0 Å². The first-order valence-electron chi connectivity index (χ1n) is 9.27. The number of aromatic nitrogens is 1. The van der Waals surface area contributed by atoms with Crippen LogP contribution in [0.1, 0.15) is 28.1 Å². The molecule has 5 nitrogen and oxygen atoms in total. The summed E-state index contributed by atoms with van der Waals surface area (Å²) in [7, 11) is 0. The van der Waals surface area contributed by atoms with E-state index in [9.17, 15) is 13.2 Å². The number of thiazole rings is 1. The lowest BCUT2D eigenvalue weighted by molar-refractivity contribution is -0.140. The second-order valence-corrected chi connectivity index (χ2v) is 8.40. The molecule has 0 aliphatic carbocycles. The van der Waals surface area contributed by atoms with Crippen molar-refractivity contribution in [2.75, 3.05) is 32.7 Å². The van der Waals surface area contributed by atoms with Crippen molar-refractivity contribution in [1.82, 2.24) is 20.5 Å². The Kier molecular flexibility index (Phi) is 9.63. The van der Waals surface area contributed by atoms with Crippen LogP contribution in [0.4, 0.5) is 13.2 Å². The number of aliphatic imine (C=N–C) groups is 1. The van der Waals surface area contributed by atoms with E-state index in [1.54, 1.807) is 0 Å². The molecule has 0 fully saturated rings. The van der Waals surface area contributed by atoms with Crippen molar-refractivity contribution in [2.45, 2.75) is 32.5 Å². The van der Waals surface area contributed by atoms with Crippen LogP contribution in [-0.4, -0.2) is 48.6 Å². The summed E-state index contributed by atoms with van der Waals surface area (Å²) in [5.74, 6) is 0.684. The first-order chi connectivity index (χ1) is 13.5. The van der Waals surface area contributed by atoms with E-state index >= 15 is 0 Å². The monoisotopic (exact) mass is 559 g/mol. The Balaban J connectivity index is 0.00000300. The zero-order valence-corrected chi connectivity index (χ0v) is 20.1. The second-order valence-electron chi connectivity index (χ2n) is 6.46. The van der Waals surface area contributed by atoms with E-state index in [0.29, 0.717) is 30.5 Å². The smallest absolute Gasteiger partial charge is 0.357 e. The Morgan fingerprint density at radius 1 is 1.31 bits per heavy atom. The highest BCUT2D eigenvalue weighted by molar-refractivity contribution is 14.0. The van der Waals surface area contributed by atoms with E-state index < -0.39 is 11.9 Å². The van der Waals surface area contributed by atoms with Crippen molar-refractivity contribution in [3.8, 4) is 0 Å². The van der Waals surface area contributed by atoms with Crippen molar-refractivity contribution >= 4 is 52.6 Å². The predicted molar refractivity (Wildman–Crippen MR) is 124 cm³/mol. The second kappa shape index (κ2) is 11.5. The molecule has 0 amide bonds. The Hall–Kier alpha value is -0.920. The third kappa shape index (κ3) is 7.37. The van der Waals surface area contributed by atoms with Gasteiger partial charge in [-0.15, -0.1) is 46.7 Å². The van der Waals surface area contributed by atoms with Gasteiger partial charge < -0.3 is 10.6 Å². The van der Waals surface area contributed by atoms with E-state index in [0.717, 1.165) is 49.3 Å². The molecule has 0 atom stereocenters. The third-order valence-electron chi connectivity index (χ3n) is 4.39. The number of thiophene rings is 1. The predicted octanol–water partition coefficient (Wildman–Crippen LogP) is 4.00. The minimum Gasteiger partial charge on any atom is -0.357 e. The van der Waals surface area contributed by atoms with Gasteiger partial charge in [-0.2, -0.15) is 13.2 Å². The molecule has 0 saturated carbocycles. The van der Waals surface area contributed by atoms with Crippen LogP contribution in [0.25, 0.3) is 0 Å². The highest BCUT2D eigenvalue weighted by Crippen LogP contribution is 2.30. The number of guanidine groups is 1. The summed E-state index contributed by atoms with van der Waals surface area (Å²) >= 11 is 2.87. The van der Waals surface area contributed by atoms with Crippen molar-refractivity contribution < 1.29 is 13.2 Å². The first kappa shape index (κ1) is 24.4. The van der Waals surface area contributed by atoms with Crippen molar-refractivity contribution in [3.05, 3.63) is 38.0 Å². The summed E-state index contributed by atoms with van der Waals surface area (Å²) in [5.41, 5.74) is 0.607. The van der Waals surface area contributed by atoms with Gasteiger partial charge in [0.25, 0.3) is 0 Å². The molecule has 1 aliphatic heterocycles. The van der Waals surface area contributed by atoms with Gasteiger partial charge >= 0.3 is 6.18 Å². The van der Waals surface area contributed by atoms with Crippen molar-refractivity contribution in [1.29, 1.82) is 0 Å². The van der Waals surface area contributed by atoms with E-state index in [1.807, 2.05) is 18.3 Å². The Morgan fingerprint density at radius 2 is 2.14 bits per heavy atom. The molecule has 0 aromatic carbocycles. The van der Waals surface area contributed by atoms with Crippen LogP contribution < -0.4 is 10.6 Å². The summed E-state index contributed by atoms with van der Waals surface area (Å²) in [5, 5.41) is 10.0. The zero-order chi connectivity index (χ0) is 20.0. The number of fused-ring (bicyclic) bond motifs is 1. The normalized spacial score (nSPS) is 15.0. The summed E-state index contributed by atoms with van der Waals surface area (Å²) in [6, 6.07) is 2.20. The first-order valence-corrected chi connectivity index (χ1v) is 11.0. The van der Waals surface area contributed by atoms with E-state index in [2.05, 4.69) is 37.0 Å². The van der Waals surface area contributed by atoms with Crippen LogP contribution in [0.15, 0.2) is 21.8 Å². The zero-order valence-electron chi connectivity index (χ0n) is 16.1. The quantitative estimate of drug-likeness (QED) is 0.306. The number of hydrogen-bond acceptors (Lipinski definition) is 5. The molecule has 162 valence electrons. The van der Waals surface area contributed by atoms with Gasteiger partial charge in [-0.25, -0.2) is 4.98 Å². The van der Waals surface area contributed by atoms with Gasteiger partial charge in [-0.1, -0.05) is 0 Å². The lowest BCUT2D eigenvalue weighted by Crippen LogP contribution is -2.39. The van der Waals surface area contributed by atoms with Crippen LogP contribution in [0, 0.1) is 0 Å².